The molecule has 1 fully saturated rings. The lowest BCUT2D eigenvalue weighted by Gasteiger charge is -2.27. The second kappa shape index (κ2) is 7.77. The smallest absolute Gasteiger partial charge is 0.271 e. The van der Waals surface area contributed by atoms with Crippen molar-refractivity contribution in [3.63, 3.8) is 0 Å². The van der Waals surface area contributed by atoms with Gasteiger partial charge in [-0.3, -0.25) is 9.78 Å². The summed E-state index contributed by atoms with van der Waals surface area (Å²) in [6, 6.07) is 10.3. The predicted molar refractivity (Wildman–Crippen MR) is 109 cm³/mol. The first kappa shape index (κ1) is 18.1. The molecule has 1 aromatic carbocycles. The number of hydrogen-bond donors (Lipinski definition) is 4. The molecule has 3 aromatic rings. The van der Waals surface area contributed by atoms with Crippen molar-refractivity contribution in [2.75, 3.05) is 10.6 Å². The maximum atomic E-state index is 11.8. The molecule has 0 spiro atoms. The van der Waals surface area contributed by atoms with E-state index in [-0.39, 0.29) is 11.7 Å². The zero-order chi connectivity index (χ0) is 19.5. The van der Waals surface area contributed by atoms with Crippen molar-refractivity contribution >= 4 is 34.1 Å². The molecule has 1 aliphatic carbocycles. The highest BCUT2D eigenvalue weighted by molar-refractivity contribution is 5.96. The van der Waals surface area contributed by atoms with Crippen molar-refractivity contribution in [2.45, 2.75) is 37.8 Å². The van der Waals surface area contributed by atoms with E-state index in [9.17, 15) is 4.79 Å². The number of rotatable bonds is 5. The topological polar surface area (TPSA) is 132 Å². The number of nitrogens with one attached hydrogen (secondary N) is 2. The number of pyridine rings is 1. The van der Waals surface area contributed by atoms with E-state index in [0.29, 0.717) is 23.4 Å². The molecular formula is C20H23N7O. The van der Waals surface area contributed by atoms with Crippen LogP contribution < -0.4 is 22.1 Å². The zero-order valence-electron chi connectivity index (χ0n) is 15.4. The summed E-state index contributed by atoms with van der Waals surface area (Å²) in [7, 11) is 0. The molecule has 0 aliphatic heterocycles. The highest BCUT2D eigenvalue weighted by Gasteiger charge is 2.20. The van der Waals surface area contributed by atoms with E-state index >= 15 is 0 Å². The van der Waals surface area contributed by atoms with E-state index in [1.165, 1.54) is 0 Å². The van der Waals surface area contributed by atoms with Crippen LogP contribution in [0.4, 0.5) is 17.3 Å². The van der Waals surface area contributed by atoms with Gasteiger partial charge in [-0.05, 0) is 37.8 Å². The van der Waals surface area contributed by atoms with E-state index in [4.69, 9.17) is 11.5 Å². The average molecular weight is 377 g/mol. The van der Waals surface area contributed by atoms with Crippen LogP contribution in [0.1, 0.15) is 36.2 Å². The summed E-state index contributed by atoms with van der Waals surface area (Å²) in [4.78, 5) is 25.0. The van der Waals surface area contributed by atoms with Gasteiger partial charge in [0.2, 0.25) is 0 Å². The minimum atomic E-state index is -0.640. The predicted octanol–water partition coefficient (Wildman–Crippen LogP) is 2.55. The Morgan fingerprint density at radius 3 is 2.64 bits per heavy atom. The molecule has 144 valence electrons. The number of anilines is 3. The fourth-order valence-corrected chi connectivity index (χ4v) is 3.47. The summed E-state index contributed by atoms with van der Waals surface area (Å²) in [5, 5.41) is 7.50. The molecule has 2 aromatic heterocycles. The number of nitrogens with two attached hydrogens (primary N) is 2. The second-order valence-electron chi connectivity index (χ2n) is 7.11. The van der Waals surface area contributed by atoms with Crippen LogP contribution in [-0.4, -0.2) is 32.9 Å². The molecule has 2 heterocycles. The molecule has 1 aliphatic rings. The Morgan fingerprint density at radius 1 is 1.07 bits per heavy atom. The number of hydrogen-bond acceptors (Lipinski definition) is 7. The van der Waals surface area contributed by atoms with E-state index in [2.05, 4.69) is 25.6 Å². The highest BCUT2D eigenvalue weighted by atomic mass is 16.1. The van der Waals surface area contributed by atoms with Gasteiger partial charge >= 0.3 is 0 Å². The SMILES string of the molecule is NC(=O)c1ncc(N[C@H]2CC[C@@H](N)CC2)nc1Nc1cnc2ccccc2c1. The van der Waals surface area contributed by atoms with Gasteiger partial charge in [-0.25, -0.2) is 9.97 Å². The summed E-state index contributed by atoms with van der Waals surface area (Å²) in [6.07, 6.45) is 7.17. The molecule has 0 atom stereocenters. The standard InChI is InChI=1S/C20H23N7O/c21-13-5-7-14(8-6-13)25-17-11-24-18(19(22)28)20(27-17)26-15-9-12-3-1-2-4-16(12)23-10-15/h1-4,9-11,13-14H,5-8,21H2,(H2,22,28)(H2,25,26,27)/t13-,14+. The third kappa shape index (κ3) is 4.01. The molecule has 6 N–H and O–H groups in total. The summed E-state index contributed by atoms with van der Waals surface area (Å²) in [5.74, 6) is 0.266. The normalized spacial score (nSPS) is 19.3. The van der Waals surface area contributed by atoms with Crippen LogP contribution in [0.2, 0.25) is 0 Å². The van der Waals surface area contributed by atoms with E-state index in [1.54, 1.807) is 12.4 Å². The number of aromatic nitrogens is 3. The van der Waals surface area contributed by atoms with Gasteiger partial charge in [0.05, 0.1) is 23.6 Å². The molecular weight excluding hydrogens is 354 g/mol. The minimum Gasteiger partial charge on any atom is -0.366 e. The molecule has 4 rings (SSSR count). The second-order valence-corrected chi connectivity index (χ2v) is 7.11. The van der Waals surface area contributed by atoms with Crippen molar-refractivity contribution in [2.24, 2.45) is 11.5 Å². The van der Waals surface area contributed by atoms with Crippen molar-refractivity contribution in [1.82, 2.24) is 15.0 Å². The Kier molecular flexibility index (Phi) is 5.03. The maximum absolute atomic E-state index is 11.8. The quantitative estimate of drug-likeness (QED) is 0.537. The molecule has 0 unspecified atom stereocenters. The lowest BCUT2D eigenvalue weighted by molar-refractivity contribution is 0.0996. The lowest BCUT2D eigenvalue weighted by atomic mass is 9.92. The molecule has 1 amide bonds. The van der Waals surface area contributed by atoms with Crippen molar-refractivity contribution < 1.29 is 4.79 Å². The summed E-state index contributed by atoms with van der Waals surface area (Å²) >= 11 is 0. The number of nitrogens with zero attached hydrogens (tertiary/aromatic N) is 3. The van der Waals surface area contributed by atoms with Gasteiger partial charge < -0.3 is 22.1 Å². The molecule has 8 heteroatoms. The fourth-order valence-electron chi connectivity index (χ4n) is 3.47. The molecule has 0 saturated heterocycles. The number of fused-ring (bicyclic) bond motifs is 1. The van der Waals surface area contributed by atoms with Crippen LogP contribution >= 0.6 is 0 Å². The third-order valence-electron chi connectivity index (χ3n) is 4.98. The zero-order valence-corrected chi connectivity index (χ0v) is 15.4. The first-order valence-corrected chi connectivity index (χ1v) is 9.39. The first-order chi connectivity index (χ1) is 13.6. The number of amides is 1. The molecule has 0 radical (unpaired) electrons. The first-order valence-electron chi connectivity index (χ1n) is 9.39. The molecule has 0 bridgehead atoms. The van der Waals surface area contributed by atoms with E-state index < -0.39 is 5.91 Å². The van der Waals surface area contributed by atoms with E-state index in [1.807, 2.05) is 30.3 Å². The van der Waals surface area contributed by atoms with Gasteiger partial charge in [0, 0.05) is 17.5 Å². The van der Waals surface area contributed by atoms with Crippen LogP contribution in [0.5, 0.6) is 0 Å². The largest absolute Gasteiger partial charge is 0.366 e. The van der Waals surface area contributed by atoms with Crippen LogP contribution in [0, 0.1) is 0 Å². The van der Waals surface area contributed by atoms with Gasteiger partial charge in [-0.15, -0.1) is 0 Å². The van der Waals surface area contributed by atoms with Gasteiger partial charge in [0.15, 0.2) is 11.5 Å². The Balaban J connectivity index is 1.59. The highest BCUT2D eigenvalue weighted by Crippen LogP contribution is 2.24. The lowest BCUT2D eigenvalue weighted by Crippen LogP contribution is -2.33. The summed E-state index contributed by atoms with van der Waals surface area (Å²) in [5.41, 5.74) is 13.1. The number of para-hydroxylation sites is 1. The van der Waals surface area contributed by atoms with Crippen LogP contribution in [0.25, 0.3) is 10.9 Å². The number of benzene rings is 1. The minimum absolute atomic E-state index is 0.0874. The monoisotopic (exact) mass is 377 g/mol. The van der Waals surface area contributed by atoms with Crippen LogP contribution in [-0.2, 0) is 0 Å². The number of primary amides is 1. The van der Waals surface area contributed by atoms with Crippen LogP contribution in [0.15, 0.2) is 42.7 Å². The number of carbonyl (C=O) groups excluding carboxylic acids is 1. The Morgan fingerprint density at radius 2 is 1.86 bits per heavy atom. The van der Waals surface area contributed by atoms with Gasteiger partial charge in [-0.2, -0.15) is 0 Å². The average Bonchev–Trinajstić information content (AvgIpc) is 2.70. The van der Waals surface area contributed by atoms with Crippen molar-refractivity contribution in [1.29, 1.82) is 0 Å². The Labute approximate surface area is 162 Å². The third-order valence-corrected chi connectivity index (χ3v) is 4.98. The molecule has 28 heavy (non-hydrogen) atoms. The molecule has 8 nitrogen and oxygen atoms in total. The van der Waals surface area contributed by atoms with Crippen molar-refractivity contribution in [3.8, 4) is 0 Å². The summed E-state index contributed by atoms with van der Waals surface area (Å²) < 4.78 is 0. The summed E-state index contributed by atoms with van der Waals surface area (Å²) in [6.45, 7) is 0. The maximum Gasteiger partial charge on any atom is 0.271 e. The fraction of sp³-hybridized carbons (Fsp3) is 0.300. The van der Waals surface area contributed by atoms with Crippen LogP contribution in [0.3, 0.4) is 0 Å². The van der Waals surface area contributed by atoms with Gasteiger partial charge in [0.25, 0.3) is 5.91 Å². The van der Waals surface area contributed by atoms with E-state index in [0.717, 1.165) is 36.6 Å². The Bertz CT molecular complexity index is 999. The Hall–Kier alpha value is -3.26. The van der Waals surface area contributed by atoms with Gasteiger partial charge in [0.1, 0.15) is 5.82 Å². The number of carbonyl (C=O) groups is 1. The van der Waals surface area contributed by atoms with Gasteiger partial charge in [-0.1, -0.05) is 18.2 Å². The van der Waals surface area contributed by atoms with Crippen molar-refractivity contribution in [3.05, 3.63) is 48.4 Å². The molecule has 1 saturated carbocycles.